The molecule has 21 heavy (non-hydrogen) atoms. The van der Waals surface area contributed by atoms with Crippen LogP contribution in [0.5, 0.6) is 0 Å². The number of carboxylic acid groups (broad SMARTS) is 1. The number of hydrogen-bond donors (Lipinski definition) is 1. The number of sulfonamides is 1. The Bertz CT molecular complexity index is 477. The first-order valence-electron chi connectivity index (χ1n) is 7.22. The molecule has 0 aromatic heterocycles. The second kappa shape index (κ2) is 7.74. The maximum absolute atomic E-state index is 12.3. The second-order valence-electron chi connectivity index (χ2n) is 5.35. The molecule has 1 rings (SSSR count). The lowest BCUT2D eigenvalue weighted by Gasteiger charge is -2.33. The maximum Gasteiger partial charge on any atom is 0.303 e. The number of carbonyl (C=O) groups excluding carboxylic acids is 1. The first-order valence-corrected chi connectivity index (χ1v) is 8.83. The molecule has 0 bridgehead atoms. The Morgan fingerprint density at radius 2 is 2.05 bits per heavy atom. The lowest BCUT2D eigenvalue weighted by atomic mass is 9.98. The second-order valence-corrected chi connectivity index (χ2v) is 7.61. The molecule has 1 unspecified atom stereocenters. The van der Waals surface area contributed by atoms with Crippen molar-refractivity contribution in [2.24, 2.45) is 5.92 Å². The van der Waals surface area contributed by atoms with E-state index in [2.05, 4.69) is 0 Å². The van der Waals surface area contributed by atoms with Crippen LogP contribution in [-0.4, -0.2) is 67.0 Å². The topological polar surface area (TPSA) is 95.0 Å². The van der Waals surface area contributed by atoms with Crippen LogP contribution in [0, 0.1) is 5.92 Å². The van der Waals surface area contributed by atoms with Crippen molar-refractivity contribution in [3.63, 3.8) is 0 Å². The van der Waals surface area contributed by atoms with Crippen LogP contribution in [0.4, 0.5) is 0 Å². The van der Waals surface area contributed by atoms with E-state index in [0.29, 0.717) is 32.4 Å². The predicted molar refractivity (Wildman–Crippen MR) is 78.3 cm³/mol. The molecule has 1 N–H and O–H groups in total. The average Bonchev–Trinajstić information content (AvgIpc) is 2.46. The number of amides is 1. The summed E-state index contributed by atoms with van der Waals surface area (Å²) >= 11 is 0. The van der Waals surface area contributed by atoms with Crippen LogP contribution in [0.15, 0.2) is 0 Å². The van der Waals surface area contributed by atoms with Gasteiger partial charge in [-0.15, -0.1) is 0 Å². The van der Waals surface area contributed by atoms with Gasteiger partial charge >= 0.3 is 5.97 Å². The standard InChI is InChI=1S/C13H24N2O5S/c1-3-21(19,20)15-9-4-6-11(10-15)13(18)14(2)8-5-7-12(16)17/h11H,3-10H2,1-2H3,(H,16,17). The van der Waals surface area contributed by atoms with Crippen molar-refractivity contribution < 1.29 is 23.1 Å². The van der Waals surface area contributed by atoms with Gasteiger partial charge in [-0.3, -0.25) is 9.59 Å². The molecular weight excluding hydrogens is 296 g/mol. The lowest BCUT2D eigenvalue weighted by molar-refractivity contribution is -0.139. The number of piperidine rings is 1. The molecule has 1 aliphatic rings. The molecule has 0 saturated carbocycles. The summed E-state index contributed by atoms with van der Waals surface area (Å²) < 4.78 is 25.1. The molecule has 0 aliphatic carbocycles. The molecule has 1 aliphatic heterocycles. The molecule has 1 atom stereocenters. The summed E-state index contributed by atoms with van der Waals surface area (Å²) in [5.41, 5.74) is 0. The van der Waals surface area contributed by atoms with Gasteiger partial charge in [0.1, 0.15) is 0 Å². The molecule has 7 nitrogen and oxygen atoms in total. The van der Waals surface area contributed by atoms with Crippen molar-refractivity contribution in [3.05, 3.63) is 0 Å². The molecule has 0 aromatic rings. The van der Waals surface area contributed by atoms with Crippen LogP contribution in [0.25, 0.3) is 0 Å². The smallest absolute Gasteiger partial charge is 0.303 e. The quantitative estimate of drug-likeness (QED) is 0.731. The van der Waals surface area contributed by atoms with Gasteiger partial charge in [0, 0.05) is 33.1 Å². The lowest BCUT2D eigenvalue weighted by Crippen LogP contribution is -2.46. The number of carboxylic acids is 1. The fourth-order valence-corrected chi connectivity index (χ4v) is 3.65. The molecule has 0 aromatic carbocycles. The van der Waals surface area contributed by atoms with Crippen LogP contribution in [0.1, 0.15) is 32.6 Å². The van der Waals surface area contributed by atoms with Gasteiger partial charge in [-0.05, 0) is 26.2 Å². The minimum Gasteiger partial charge on any atom is -0.481 e. The highest BCUT2D eigenvalue weighted by Gasteiger charge is 2.32. The summed E-state index contributed by atoms with van der Waals surface area (Å²) in [5.74, 6) is -1.26. The summed E-state index contributed by atoms with van der Waals surface area (Å²) in [5, 5.41) is 8.59. The Hall–Kier alpha value is -1.15. The van der Waals surface area contributed by atoms with Crippen molar-refractivity contribution in [3.8, 4) is 0 Å². The molecular formula is C13H24N2O5S. The predicted octanol–water partition coefficient (Wildman–Crippen LogP) is 0.371. The highest BCUT2D eigenvalue weighted by molar-refractivity contribution is 7.89. The van der Waals surface area contributed by atoms with Gasteiger partial charge in [-0.1, -0.05) is 0 Å². The summed E-state index contributed by atoms with van der Waals surface area (Å²) in [4.78, 5) is 24.3. The molecule has 1 amide bonds. The summed E-state index contributed by atoms with van der Waals surface area (Å²) in [6, 6.07) is 0. The Morgan fingerprint density at radius 3 is 2.62 bits per heavy atom. The minimum atomic E-state index is -3.26. The van der Waals surface area contributed by atoms with Crippen molar-refractivity contribution in [2.75, 3.05) is 32.4 Å². The maximum atomic E-state index is 12.3. The van der Waals surface area contributed by atoms with E-state index in [9.17, 15) is 18.0 Å². The van der Waals surface area contributed by atoms with Crippen LogP contribution in [0.2, 0.25) is 0 Å². The van der Waals surface area contributed by atoms with Gasteiger partial charge in [0.2, 0.25) is 15.9 Å². The number of nitrogens with zero attached hydrogens (tertiary/aromatic N) is 2. The first kappa shape index (κ1) is 17.9. The van der Waals surface area contributed by atoms with Crippen molar-refractivity contribution in [2.45, 2.75) is 32.6 Å². The van der Waals surface area contributed by atoms with E-state index < -0.39 is 16.0 Å². The molecule has 8 heteroatoms. The highest BCUT2D eigenvalue weighted by atomic mass is 32.2. The normalized spacial score (nSPS) is 20.2. The number of hydrogen-bond acceptors (Lipinski definition) is 4. The van der Waals surface area contributed by atoms with E-state index in [4.69, 9.17) is 5.11 Å². The zero-order chi connectivity index (χ0) is 16.0. The van der Waals surface area contributed by atoms with Gasteiger partial charge < -0.3 is 10.0 Å². The van der Waals surface area contributed by atoms with Crippen LogP contribution >= 0.6 is 0 Å². The van der Waals surface area contributed by atoms with Gasteiger partial charge in [-0.2, -0.15) is 0 Å². The van der Waals surface area contributed by atoms with E-state index in [0.717, 1.165) is 0 Å². The Morgan fingerprint density at radius 1 is 1.38 bits per heavy atom. The number of carbonyl (C=O) groups is 2. The minimum absolute atomic E-state index is 0.0264. The molecule has 0 spiro atoms. The van der Waals surface area contributed by atoms with Crippen molar-refractivity contribution in [1.29, 1.82) is 0 Å². The highest BCUT2D eigenvalue weighted by Crippen LogP contribution is 2.21. The van der Waals surface area contributed by atoms with Gasteiger partial charge in [0.05, 0.1) is 11.7 Å². The Balaban J connectivity index is 2.55. The van der Waals surface area contributed by atoms with Gasteiger partial charge in [0.25, 0.3) is 0 Å². The SMILES string of the molecule is CCS(=O)(=O)N1CCCC(C(=O)N(C)CCCC(=O)O)C1. The van der Waals surface area contributed by atoms with E-state index in [1.54, 1.807) is 14.0 Å². The first-order chi connectivity index (χ1) is 9.77. The fraction of sp³-hybridized carbons (Fsp3) is 0.846. The van der Waals surface area contributed by atoms with E-state index in [1.807, 2.05) is 0 Å². The third-order valence-electron chi connectivity index (χ3n) is 3.75. The largest absolute Gasteiger partial charge is 0.481 e. The van der Waals surface area contributed by atoms with Crippen LogP contribution < -0.4 is 0 Å². The van der Waals surface area contributed by atoms with E-state index in [-0.39, 0.29) is 30.5 Å². The molecule has 1 heterocycles. The summed E-state index contributed by atoms with van der Waals surface area (Å²) in [6.45, 7) is 2.68. The molecule has 1 fully saturated rings. The zero-order valence-electron chi connectivity index (χ0n) is 12.6. The monoisotopic (exact) mass is 320 g/mol. The van der Waals surface area contributed by atoms with Crippen LogP contribution in [0.3, 0.4) is 0 Å². The Kier molecular flexibility index (Phi) is 6.60. The molecule has 0 radical (unpaired) electrons. The number of rotatable bonds is 7. The summed E-state index contributed by atoms with van der Waals surface area (Å²) in [7, 11) is -1.62. The van der Waals surface area contributed by atoms with Gasteiger partial charge in [0.15, 0.2) is 0 Å². The fourth-order valence-electron chi connectivity index (χ4n) is 2.47. The molecule has 1 saturated heterocycles. The number of aliphatic carboxylic acids is 1. The molecule has 122 valence electrons. The zero-order valence-corrected chi connectivity index (χ0v) is 13.4. The van der Waals surface area contributed by atoms with Gasteiger partial charge in [-0.25, -0.2) is 12.7 Å². The Labute approximate surface area is 126 Å². The summed E-state index contributed by atoms with van der Waals surface area (Å²) in [6.07, 6.45) is 1.79. The van der Waals surface area contributed by atoms with Crippen LogP contribution in [-0.2, 0) is 19.6 Å². The average molecular weight is 320 g/mol. The van der Waals surface area contributed by atoms with Crippen molar-refractivity contribution >= 4 is 21.9 Å². The third kappa shape index (κ3) is 5.28. The third-order valence-corrected chi connectivity index (χ3v) is 5.60. The van der Waals surface area contributed by atoms with E-state index in [1.165, 1.54) is 9.21 Å². The van der Waals surface area contributed by atoms with Crippen molar-refractivity contribution in [1.82, 2.24) is 9.21 Å². The van der Waals surface area contributed by atoms with E-state index >= 15 is 0 Å².